The molecule has 0 radical (unpaired) electrons. The van der Waals surface area contributed by atoms with Gasteiger partial charge in [0.05, 0.1) is 13.2 Å². The maximum absolute atomic E-state index is 12.8. The molecule has 0 aliphatic carbocycles. The van der Waals surface area contributed by atoms with Gasteiger partial charge in [0, 0.05) is 36.9 Å². The number of morpholine rings is 1. The Hall–Kier alpha value is -2.45. The fraction of sp³-hybridized carbons (Fsp3) is 0.550. The van der Waals surface area contributed by atoms with Gasteiger partial charge in [0.25, 0.3) is 5.91 Å². The van der Waals surface area contributed by atoms with Gasteiger partial charge >= 0.3 is 11.8 Å². The van der Waals surface area contributed by atoms with E-state index in [0.717, 1.165) is 50.5 Å². The Balaban J connectivity index is 1.51. The Morgan fingerprint density at radius 3 is 2.61 bits per heavy atom. The summed E-state index contributed by atoms with van der Waals surface area (Å²) in [5.74, 6) is -1.72. The highest BCUT2D eigenvalue weighted by Crippen LogP contribution is 2.36. The third-order valence-corrected chi connectivity index (χ3v) is 5.03. The first-order valence-corrected chi connectivity index (χ1v) is 9.80. The second-order valence-corrected chi connectivity index (χ2v) is 7.33. The Morgan fingerprint density at radius 2 is 1.89 bits per heavy atom. The normalized spacial score (nSPS) is 19.6. The number of ether oxygens (including phenoxy) is 1. The second-order valence-electron chi connectivity index (χ2n) is 7.33. The van der Waals surface area contributed by atoms with E-state index in [1.54, 1.807) is 11.0 Å². The summed E-state index contributed by atoms with van der Waals surface area (Å²) in [7, 11) is 0. The predicted molar refractivity (Wildman–Crippen MR) is 105 cm³/mol. The fourth-order valence-corrected chi connectivity index (χ4v) is 3.62. The summed E-state index contributed by atoms with van der Waals surface area (Å²) in [5.41, 5.74) is 1.49. The molecule has 3 rings (SSSR count). The maximum atomic E-state index is 12.8. The van der Waals surface area contributed by atoms with Gasteiger partial charge in [0.2, 0.25) is 0 Å². The third-order valence-electron chi connectivity index (χ3n) is 5.03. The van der Waals surface area contributed by atoms with E-state index >= 15 is 0 Å². The molecular weight excluding hydrogens is 360 g/mol. The van der Waals surface area contributed by atoms with Crippen LogP contribution in [0, 0.1) is 0 Å². The molecule has 2 aliphatic rings. The van der Waals surface area contributed by atoms with Crippen molar-refractivity contribution >= 4 is 23.4 Å². The first-order valence-electron chi connectivity index (χ1n) is 9.80. The summed E-state index contributed by atoms with van der Waals surface area (Å²) in [5, 5.41) is 5.23. The number of carbonyl (C=O) groups is 3. The lowest BCUT2D eigenvalue weighted by Crippen LogP contribution is -2.46. The Morgan fingerprint density at radius 1 is 1.18 bits per heavy atom. The molecule has 1 atom stereocenters. The van der Waals surface area contributed by atoms with Gasteiger partial charge in [-0.2, -0.15) is 0 Å². The van der Waals surface area contributed by atoms with Gasteiger partial charge in [-0.3, -0.25) is 19.3 Å². The van der Waals surface area contributed by atoms with E-state index in [9.17, 15) is 14.4 Å². The molecule has 2 N–H and O–H groups in total. The van der Waals surface area contributed by atoms with Crippen molar-refractivity contribution in [3.63, 3.8) is 0 Å². The molecule has 0 spiro atoms. The molecule has 1 aromatic carbocycles. The zero-order valence-corrected chi connectivity index (χ0v) is 16.4. The van der Waals surface area contributed by atoms with Crippen LogP contribution in [0.4, 0.5) is 5.69 Å². The van der Waals surface area contributed by atoms with Crippen molar-refractivity contribution in [2.75, 3.05) is 44.3 Å². The van der Waals surface area contributed by atoms with Crippen LogP contribution in [-0.2, 0) is 19.1 Å². The van der Waals surface area contributed by atoms with Crippen LogP contribution in [0.2, 0.25) is 0 Å². The summed E-state index contributed by atoms with van der Waals surface area (Å²) >= 11 is 0. The number of rotatable bonds is 6. The van der Waals surface area contributed by atoms with E-state index in [2.05, 4.69) is 15.5 Å². The second kappa shape index (κ2) is 9.16. The highest BCUT2D eigenvalue weighted by Gasteiger charge is 2.39. The predicted octanol–water partition coefficient (Wildman–Crippen LogP) is 0.437. The van der Waals surface area contributed by atoms with Gasteiger partial charge in [0.15, 0.2) is 0 Å². The zero-order chi connectivity index (χ0) is 20.1. The fourth-order valence-electron chi connectivity index (χ4n) is 3.62. The molecule has 2 heterocycles. The van der Waals surface area contributed by atoms with E-state index in [1.165, 1.54) is 0 Å². The molecule has 28 heavy (non-hydrogen) atoms. The van der Waals surface area contributed by atoms with E-state index in [0.29, 0.717) is 6.54 Å². The van der Waals surface area contributed by atoms with Crippen LogP contribution in [0.15, 0.2) is 24.3 Å². The minimum Gasteiger partial charge on any atom is -0.379 e. The minimum absolute atomic E-state index is 0.0374. The molecule has 1 aromatic rings. The maximum Gasteiger partial charge on any atom is 0.310 e. The summed E-state index contributed by atoms with van der Waals surface area (Å²) < 4.78 is 5.30. The largest absolute Gasteiger partial charge is 0.379 e. The molecule has 3 amide bonds. The quantitative estimate of drug-likeness (QED) is 0.545. The monoisotopic (exact) mass is 388 g/mol. The first kappa shape index (κ1) is 20.3. The van der Waals surface area contributed by atoms with Crippen LogP contribution in [0.1, 0.15) is 31.9 Å². The molecule has 8 nitrogen and oxygen atoms in total. The molecule has 0 aromatic heterocycles. The number of hydrogen-bond donors (Lipinski definition) is 2. The van der Waals surface area contributed by atoms with Crippen molar-refractivity contribution in [2.24, 2.45) is 0 Å². The van der Waals surface area contributed by atoms with Gasteiger partial charge in [-0.25, -0.2) is 0 Å². The molecule has 1 fully saturated rings. The Labute approximate surface area is 165 Å². The van der Waals surface area contributed by atoms with Crippen molar-refractivity contribution < 1.29 is 19.1 Å². The van der Waals surface area contributed by atoms with Crippen LogP contribution < -0.4 is 15.5 Å². The molecule has 2 aliphatic heterocycles. The lowest BCUT2D eigenvalue weighted by atomic mass is 10.1. The van der Waals surface area contributed by atoms with Crippen LogP contribution in [0.5, 0.6) is 0 Å². The molecule has 1 saturated heterocycles. The van der Waals surface area contributed by atoms with E-state index in [4.69, 9.17) is 4.74 Å². The molecule has 8 heteroatoms. The standard InChI is InChI=1S/C20H28N4O4/c1-14(2)24-16-7-4-3-6-15(16)17(20(24)27)22-19(26)18(25)21-8-5-9-23-10-12-28-13-11-23/h3-4,6-7,14,17H,5,8-13H2,1-2H3,(H,21,25)(H,22,26). The van der Waals surface area contributed by atoms with Gasteiger partial charge < -0.3 is 20.3 Å². The van der Waals surface area contributed by atoms with E-state index in [1.807, 2.05) is 32.0 Å². The molecule has 0 saturated carbocycles. The van der Waals surface area contributed by atoms with Crippen LogP contribution in [-0.4, -0.2) is 68.1 Å². The van der Waals surface area contributed by atoms with Gasteiger partial charge in [0.1, 0.15) is 6.04 Å². The highest BCUT2D eigenvalue weighted by atomic mass is 16.5. The number of amides is 3. The first-order chi connectivity index (χ1) is 13.5. The molecular formula is C20H28N4O4. The van der Waals surface area contributed by atoms with Crippen molar-refractivity contribution in [1.29, 1.82) is 0 Å². The summed E-state index contributed by atoms with van der Waals surface area (Å²) in [6.07, 6.45) is 0.755. The Kier molecular flexibility index (Phi) is 6.64. The average Bonchev–Trinajstić information content (AvgIpc) is 2.97. The zero-order valence-electron chi connectivity index (χ0n) is 16.4. The smallest absolute Gasteiger partial charge is 0.310 e. The average molecular weight is 388 g/mol. The van der Waals surface area contributed by atoms with E-state index < -0.39 is 17.9 Å². The molecule has 0 bridgehead atoms. The van der Waals surface area contributed by atoms with Crippen LogP contribution in [0.3, 0.4) is 0 Å². The van der Waals surface area contributed by atoms with Crippen molar-refractivity contribution in [2.45, 2.75) is 32.4 Å². The summed E-state index contributed by atoms with van der Waals surface area (Å²) in [6, 6.07) is 6.47. The number of hydrogen-bond acceptors (Lipinski definition) is 5. The number of nitrogens with one attached hydrogen (secondary N) is 2. The molecule has 1 unspecified atom stereocenters. The van der Waals surface area contributed by atoms with Crippen LogP contribution >= 0.6 is 0 Å². The number of fused-ring (bicyclic) bond motifs is 1. The molecule has 152 valence electrons. The lowest BCUT2D eigenvalue weighted by molar-refractivity contribution is -0.140. The number of carbonyl (C=O) groups excluding carboxylic acids is 3. The van der Waals surface area contributed by atoms with Gasteiger partial charge in [-0.05, 0) is 32.9 Å². The summed E-state index contributed by atoms with van der Waals surface area (Å²) in [6.45, 7) is 8.35. The van der Waals surface area contributed by atoms with Crippen LogP contribution in [0.25, 0.3) is 0 Å². The van der Waals surface area contributed by atoms with E-state index in [-0.39, 0.29) is 11.9 Å². The minimum atomic E-state index is -0.829. The van der Waals surface area contributed by atoms with Gasteiger partial charge in [-0.1, -0.05) is 18.2 Å². The number of anilines is 1. The Bertz CT molecular complexity index is 731. The van der Waals surface area contributed by atoms with Gasteiger partial charge in [-0.15, -0.1) is 0 Å². The third kappa shape index (κ3) is 4.51. The summed E-state index contributed by atoms with van der Waals surface area (Å²) in [4.78, 5) is 41.1. The van der Waals surface area contributed by atoms with Crippen molar-refractivity contribution in [1.82, 2.24) is 15.5 Å². The number of para-hydroxylation sites is 1. The van der Waals surface area contributed by atoms with Crippen molar-refractivity contribution in [3.05, 3.63) is 29.8 Å². The topological polar surface area (TPSA) is 91.0 Å². The van der Waals surface area contributed by atoms with Crippen molar-refractivity contribution in [3.8, 4) is 0 Å². The SMILES string of the molecule is CC(C)N1C(=O)C(NC(=O)C(=O)NCCCN2CCOCC2)c2ccccc21. The number of benzene rings is 1. The lowest BCUT2D eigenvalue weighted by Gasteiger charge is -2.26. The number of nitrogens with zero attached hydrogens (tertiary/aromatic N) is 2. The highest BCUT2D eigenvalue weighted by molar-refractivity contribution is 6.35.